The Morgan fingerprint density at radius 2 is 1.77 bits per heavy atom. The fourth-order valence-electron chi connectivity index (χ4n) is 2.87. The molecule has 1 N–H and O–H groups in total. The van der Waals surface area contributed by atoms with E-state index in [1.807, 2.05) is 26.1 Å². The Kier molecular flexibility index (Phi) is 3.99. The zero-order valence-electron chi connectivity index (χ0n) is 13.4. The lowest BCUT2D eigenvalue weighted by molar-refractivity contribution is -0.175. The van der Waals surface area contributed by atoms with Gasteiger partial charge in [0.05, 0.1) is 0 Å². The monoisotopic (exact) mass is 320 g/mol. The second-order valence-electron chi connectivity index (χ2n) is 7.67. The van der Waals surface area contributed by atoms with Crippen LogP contribution in [-0.4, -0.2) is 42.0 Å². The molecule has 2 fully saturated rings. The van der Waals surface area contributed by atoms with Crippen LogP contribution in [0.1, 0.15) is 40.5 Å². The highest BCUT2D eigenvalue weighted by atomic mass is 19.4. The molecule has 0 aromatic carbocycles. The van der Waals surface area contributed by atoms with Crippen LogP contribution in [0.4, 0.5) is 13.2 Å². The minimum absolute atomic E-state index is 0.0707. The molecule has 0 bridgehead atoms. The number of nitrogens with zero attached hydrogens (tertiary/aromatic N) is 1. The molecule has 0 spiro atoms. The van der Waals surface area contributed by atoms with Gasteiger partial charge in [-0.25, -0.2) is 0 Å². The van der Waals surface area contributed by atoms with Crippen molar-refractivity contribution in [1.82, 2.24) is 10.2 Å². The highest BCUT2D eigenvalue weighted by molar-refractivity contribution is 5.91. The summed E-state index contributed by atoms with van der Waals surface area (Å²) in [6.45, 7) is 8.86. The maximum Gasteiger partial charge on any atom is 0.471 e. The van der Waals surface area contributed by atoms with E-state index in [9.17, 15) is 22.8 Å². The number of carbonyl (C=O) groups is 2. The van der Waals surface area contributed by atoms with E-state index in [0.717, 1.165) is 0 Å². The Morgan fingerprint density at radius 1 is 1.23 bits per heavy atom. The molecule has 7 heteroatoms. The SMILES string of the molecule is C[C@H]1CN(C(=O)C(NC(=O)C(F)(F)F)C2(C)CC2)CC1(C)C. The van der Waals surface area contributed by atoms with Gasteiger partial charge in [-0.3, -0.25) is 9.59 Å². The van der Waals surface area contributed by atoms with Gasteiger partial charge in [0.25, 0.3) is 0 Å². The van der Waals surface area contributed by atoms with E-state index in [0.29, 0.717) is 25.9 Å². The highest BCUT2D eigenvalue weighted by Gasteiger charge is 2.54. The standard InChI is InChI=1S/C15H23F3N2O2/c1-9-7-20(8-13(9,2)3)11(21)10(14(4)5-6-14)19-12(22)15(16,17)18/h9-10H,5-8H2,1-4H3,(H,19,22)/t9-,10?/m0/s1. The average Bonchev–Trinajstić information content (AvgIpc) is 3.04. The number of hydrogen-bond acceptors (Lipinski definition) is 2. The van der Waals surface area contributed by atoms with Gasteiger partial charge in [0.1, 0.15) is 6.04 Å². The number of halogens is 3. The summed E-state index contributed by atoms with van der Waals surface area (Å²) in [7, 11) is 0. The molecule has 0 radical (unpaired) electrons. The number of rotatable bonds is 3. The van der Waals surface area contributed by atoms with E-state index in [2.05, 4.69) is 0 Å². The topological polar surface area (TPSA) is 49.4 Å². The molecule has 126 valence electrons. The van der Waals surface area contributed by atoms with Crippen molar-refractivity contribution in [2.24, 2.45) is 16.7 Å². The van der Waals surface area contributed by atoms with Crippen LogP contribution >= 0.6 is 0 Å². The number of amides is 2. The van der Waals surface area contributed by atoms with Gasteiger partial charge >= 0.3 is 12.1 Å². The van der Waals surface area contributed by atoms with Crippen molar-refractivity contribution in [3.8, 4) is 0 Å². The van der Waals surface area contributed by atoms with Crippen LogP contribution in [0.5, 0.6) is 0 Å². The zero-order valence-corrected chi connectivity index (χ0v) is 13.4. The van der Waals surface area contributed by atoms with E-state index in [-0.39, 0.29) is 11.3 Å². The van der Waals surface area contributed by atoms with Gasteiger partial charge in [0, 0.05) is 13.1 Å². The third-order valence-corrected chi connectivity index (χ3v) is 5.25. The van der Waals surface area contributed by atoms with Crippen molar-refractivity contribution >= 4 is 11.8 Å². The molecule has 1 unspecified atom stereocenters. The molecule has 4 nitrogen and oxygen atoms in total. The minimum Gasteiger partial charge on any atom is -0.340 e. The first-order chi connectivity index (χ1) is 9.87. The third kappa shape index (κ3) is 3.22. The Balaban J connectivity index is 2.14. The molecule has 0 aromatic rings. The van der Waals surface area contributed by atoms with Crippen LogP contribution in [0.15, 0.2) is 0 Å². The number of hydrogen-bond donors (Lipinski definition) is 1. The van der Waals surface area contributed by atoms with Crippen molar-refractivity contribution in [2.45, 2.75) is 52.8 Å². The van der Waals surface area contributed by atoms with Crippen molar-refractivity contribution in [2.75, 3.05) is 13.1 Å². The third-order valence-electron chi connectivity index (χ3n) is 5.25. The summed E-state index contributed by atoms with van der Waals surface area (Å²) in [6, 6.07) is -1.09. The van der Waals surface area contributed by atoms with Crippen LogP contribution < -0.4 is 5.32 Å². The fourth-order valence-corrected chi connectivity index (χ4v) is 2.87. The number of nitrogens with one attached hydrogen (secondary N) is 1. The summed E-state index contributed by atoms with van der Waals surface area (Å²) in [4.78, 5) is 25.5. The molecule has 1 aliphatic carbocycles. The lowest BCUT2D eigenvalue weighted by Gasteiger charge is -2.29. The summed E-state index contributed by atoms with van der Waals surface area (Å²) < 4.78 is 37.5. The molecule has 2 rings (SSSR count). The number of likely N-dealkylation sites (tertiary alicyclic amines) is 1. The van der Waals surface area contributed by atoms with Crippen LogP contribution in [0, 0.1) is 16.7 Å². The summed E-state index contributed by atoms with van der Waals surface area (Å²) >= 11 is 0. The summed E-state index contributed by atoms with van der Waals surface area (Å²) in [5.41, 5.74) is -0.632. The zero-order chi connectivity index (χ0) is 16.9. The first kappa shape index (κ1) is 17.1. The Labute approximate surface area is 128 Å². The first-order valence-corrected chi connectivity index (χ1v) is 7.53. The second-order valence-corrected chi connectivity index (χ2v) is 7.67. The summed E-state index contributed by atoms with van der Waals surface area (Å²) in [5, 5.41) is 1.92. The molecular formula is C15H23F3N2O2. The average molecular weight is 320 g/mol. The maximum atomic E-state index is 12.7. The normalized spacial score (nSPS) is 27.4. The molecule has 2 amide bonds. The molecule has 1 heterocycles. The van der Waals surface area contributed by atoms with E-state index in [1.54, 1.807) is 11.8 Å². The van der Waals surface area contributed by atoms with Crippen molar-refractivity contribution in [1.29, 1.82) is 0 Å². The number of carbonyl (C=O) groups excluding carboxylic acids is 2. The van der Waals surface area contributed by atoms with Crippen LogP contribution in [0.25, 0.3) is 0 Å². The minimum atomic E-state index is -4.97. The van der Waals surface area contributed by atoms with Gasteiger partial charge in [0.15, 0.2) is 0 Å². The van der Waals surface area contributed by atoms with E-state index in [4.69, 9.17) is 0 Å². The van der Waals surface area contributed by atoms with E-state index < -0.39 is 29.4 Å². The highest BCUT2D eigenvalue weighted by Crippen LogP contribution is 2.49. The van der Waals surface area contributed by atoms with Crippen molar-refractivity contribution < 1.29 is 22.8 Å². The Bertz CT molecular complexity index is 484. The van der Waals surface area contributed by atoms with Crippen LogP contribution in [-0.2, 0) is 9.59 Å². The van der Waals surface area contributed by atoms with Crippen molar-refractivity contribution in [3.05, 3.63) is 0 Å². The van der Waals surface area contributed by atoms with E-state index >= 15 is 0 Å². The maximum absolute atomic E-state index is 12.7. The largest absolute Gasteiger partial charge is 0.471 e. The molecule has 2 atom stereocenters. The molecule has 0 aromatic heterocycles. The lowest BCUT2D eigenvalue weighted by atomic mass is 9.84. The Hall–Kier alpha value is -1.27. The molecule has 1 aliphatic heterocycles. The van der Waals surface area contributed by atoms with Gasteiger partial charge < -0.3 is 10.2 Å². The van der Waals surface area contributed by atoms with Gasteiger partial charge in [-0.1, -0.05) is 27.7 Å². The Morgan fingerprint density at radius 3 is 2.14 bits per heavy atom. The molecule has 22 heavy (non-hydrogen) atoms. The molecular weight excluding hydrogens is 297 g/mol. The van der Waals surface area contributed by atoms with Gasteiger partial charge in [-0.2, -0.15) is 13.2 Å². The van der Waals surface area contributed by atoms with Gasteiger partial charge in [-0.05, 0) is 29.6 Å². The lowest BCUT2D eigenvalue weighted by Crippen LogP contribution is -2.55. The second kappa shape index (κ2) is 5.13. The molecule has 1 saturated heterocycles. The first-order valence-electron chi connectivity index (χ1n) is 7.53. The van der Waals surface area contributed by atoms with Gasteiger partial charge in [-0.15, -0.1) is 0 Å². The summed E-state index contributed by atoms with van der Waals surface area (Å²) in [5.74, 6) is -2.16. The predicted octanol–water partition coefficient (Wildman–Crippen LogP) is 2.34. The van der Waals surface area contributed by atoms with Crippen LogP contribution in [0.3, 0.4) is 0 Å². The van der Waals surface area contributed by atoms with Gasteiger partial charge in [0.2, 0.25) is 5.91 Å². The van der Waals surface area contributed by atoms with E-state index in [1.165, 1.54) is 0 Å². The quantitative estimate of drug-likeness (QED) is 0.868. The number of alkyl halides is 3. The fraction of sp³-hybridized carbons (Fsp3) is 0.867. The molecule has 1 saturated carbocycles. The van der Waals surface area contributed by atoms with Crippen LogP contribution in [0.2, 0.25) is 0 Å². The predicted molar refractivity (Wildman–Crippen MR) is 74.9 cm³/mol. The summed E-state index contributed by atoms with van der Waals surface area (Å²) in [6.07, 6.45) is -3.68. The van der Waals surface area contributed by atoms with Crippen molar-refractivity contribution in [3.63, 3.8) is 0 Å². The molecule has 2 aliphatic rings. The smallest absolute Gasteiger partial charge is 0.340 e.